The van der Waals surface area contributed by atoms with Gasteiger partial charge in [-0.15, -0.1) is 0 Å². The Morgan fingerprint density at radius 3 is 2.84 bits per heavy atom. The van der Waals surface area contributed by atoms with Crippen molar-refractivity contribution in [3.05, 3.63) is 36.4 Å². The predicted molar refractivity (Wildman–Crippen MR) is 104 cm³/mol. The summed E-state index contributed by atoms with van der Waals surface area (Å²) in [5.41, 5.74) is 2.31. The summed E-state index contributed by atoms with van der Waals surface area (Å²) in [7, 11) is 1.44. The molecule has 2 atom stereocenters. The Balaban J connectivity index is 1.86. The second kappa shape index (κ2) is 7.25. The van der Waals surface area contributed by atoms with E-state index in [1.165, 1.54) is 29.9 Å². The molecule has 0 amide bonds. The normalized spacial score (nSPS) is 21.0. The summed E-state index contributed by atoms with van der Waals surface area (Å²) >= 11 is 0. The van der Waals surface area contributed by atoms with Crippen LogP contribution in [0.15, 0.2) is 36.4 Å². The molecule has 4 heteroatoms. The molecule has 25 heavy (non-hydrogen) atoms. The van der Waals surface area contributed by atoms with Crippen LogP contribution in [-0.4, -0.2) is 25.7 Å². The Hall–Kier alpha value is -1.73. The van der Waals surface area contributed by atoms with E-state index >= 15 is 0 Å². The minimum Gasteiger partial charge on any atom is -0.496 e. The maximum absolute atomic E-state index is 6.52. The lowest BCUT2D eigenvalue weighted by Crippen LogP contribution is -2.18. The van der Waals surface area contributed by atoms with Crippen LogP contribution >= 0.6 is 7.92 Å². The van der Waals surface area contributed by atoms with E-state index in [1.807, 2.05) is 12.1 Å². The van der Waals surface area contributed by atoms with Crippen molar-refractivity contribution in [3.63, 3.8) is 0 Å². The Bertz CT molecular complexity index is 759. The van der Waals surface area contributed by atoms with Gasteiger partial charge >= 0.3 is 0 Å². The van der Waals surface area contributed by atoms with Crippen molar-refractivity contribution in [2.45, 2.75) is 38.7 Å². The Kier molecular flexibility index (Phi) is 4.85. The van der Waals surface area contributed by atoms with Crippen LogP contribution in [0.25, 0.3) is 11.1 Å². The van der Waals surface area contributed by atoms with Crippen molar-refractivity contribution in [2.75, 3.05) is 19.6 Å². The van der Waals surface area contributed by atoms with Crippen LogP contribution < -0.4 is 19.5 Å². The smallest absolute Gasteiger partial charge is 0.131 e. The SMILES string of the molecule is CCCCC1CCP2COc3cccc(c32)-c2c(OC)cccc2O1. The molecule has 2 aliphatic rings. The Labute approximate surface area is 151 Å². The molecule has 2 heterocycles. The average molecular weight is 356 g/mol. The molecule has 0 spiro atoms. The third kappa shape index (κ3) is 3.11. The van der Waals surface area contributed by atoms with Crippen LogP contribution in [0.1, 0.15) is 32.6 Å². The summed E-state index contributed by atoms with van der Waals surface area (Å²) in [4.78, 5) is 0. The summed E-state index contributed by atoms with van der Waals surface area (Å²) in [6.07, 6.45) is 6.90. The second-order valence-corrected chi connectivity index (χ2v) is 8.93. The zero-order chi connectivity index (χ0) is 17.2. The quantitative estimate of drug-likeness (QED) is 0.708. The first-order valence-corrected chi connectivity index (χ1v) is 10.9. The van der Waals surface area contributed by atoms with Crippen LogP contribution in [0.5, 0.6) is 17.2 Å². The molecule has 0 aromatic heterocycles. The van der Waals surface area contributed by atoms with E-state index in [-0.39, 0.29) is 14.0 Å². The topological polar surface area (TPSA) is 27.7 Å². The Morgan fingerprint density at radius 2 is 2.00 bits per heavy atom. The minimum atomic E-state index is -0.295. The van der Waals surface area contributed by atoms with Gasteiger partial charge < -0.3 is 14.2 Å². The molecule has 0 saturated heterocycles. The molecule has 0 radical (unpaired) electrons. The molecule has 2 aromatic rings. The monoisotopic (exact) mass is 356 g/mol. The van der Waals surface area contributed by atoms with Gasteiger partial charge in [-0.3, -0.25) is 0 Å². The van der Waals surface area contributed by atoms with Crippen molar-refractivity contribution >= 4 is 13.2 Å². The molecule has 0 fully saturated rings. The summed E-state index contributed by atoms with van der Waals surface area (Å²) in [6.45, 7) is 2.24. The molecular formula is C21H25O3P. The van der Waals surface area contributed by atoms with Crippen LogP contribution in [0.2, 0.25) is 0 Å². The molecule has 0 bridgehead atoms. The van der Waals surface area contributed by atoms with Crippen LogP contribution in [0, 0.1) is 0 Å². The highest BCUT2D eigenvalue weighted by Gasteiger charge is 2.32. The van der Waals surface area contributed by atoms with Gasteiger partial charge in [-0.25, -0.2) is 0 Å². The highest BCUT2D eigenvalue weighted by atomic mass is 31.1. The van der Waals surface area contributed by atoms with Crippen molar-refractivity contribution in [1.29, 1.82) is 0 Å². The standard InChI is InChI=1S/C21H25O3P/c1-3-4-7-15-12-13-25-14-23-19-11-5-8-16(21(19)25)20-17(22-2)9-6-10-18(20)24-15/h5-6,8-11,15H,3-4,7,12-14H2,1-2H3. The summed E-state index contributed by atoms with van der Waals surface area (Å²) in [6, 6.07) is 12.5. The number of methoxy groups -OCH3 is 1. The summed E-state index contributed by atoms with van der Waals surface area (Å²) in [5, 5.41) is 1.39. The van der Waals surface area contributed by atoms with E-state index < -0.39 is 0 Å². The molecular weight excluding hydrogens is 331 g/mol. The number of hydrogen-bond donors (Lipinski definition) is 0. The fourth-order valence-corrected chi connectivity index (χ4v) is 6.13. The highest BCUT2D eigenvalue weighted by molar-refractivity contribution is 7.66. The Morgan fingerprint density at radius 1 is 1.16 bits per heavy atom. The summed E-state index contributed by atoms with van der Waals surface area (Å²) < 4.78 is 18.3. The van der Waals surface area contributed by atoms with Gasteiger partial charge in [0.05, 0.1) is 18.8 Å². The number of unbranched alkanes of at least 4 members (excludes halogenated alkanes) is 1. The molecule has 2 aromatic carbocycles. The number of fused-ring (bicyclic) bond motifs is 2. The van der Waals surface area contributed by atoms with Gasteiger partial charge in [0.2, 0.25) is 0 Å². The van der Waals surface area contributed by atoms with Gasteiger partial charge in [0.1, 0.15) is 23.6 Å². The number of hydrogen-bond acceptors (Lipinski definition) is 3. The number of benzene rings is 2. The van der Waals surface area contributed by atoms with Gasteiger partial charge in [-0.1, -0.05) is 38.0 Å². The maximum atomic E-state index is 6.52. The molecule has 132 valence electrons. The third-order valence-corrected chi connectivity index (χ3v) is 7.40. The van der Waals surface area contributed by atoms with Crippen LogP contribution in [0.4, 0.5) is 0 Å². The van der Waals surface area contributed by atoms with E-state index in [1.54, 1.807) is 7.11 Å². The van der Waals surface area contributed by atoms with E-state index in [9.17, 15) is 0 Å². The van der Waals surface area contributed by atoms with Gasteiger partial charge in [0.15, 0.2) is 0 Å². The van der Waals surface area contributed by atoms with E-state index in [0.29, 0.717) is 0 Å². The molecule has 2 aliphatic heterocycles. The highest BCUT2D eigenvalue weighted by Crippen LogP contribution is 2.51. The van der Waals surface area contributed by atoms with Crippen molar-refractivity contribution < 1.29 is 14.2 Å². The fraction of sp³-hybridized carbons (Fsp3) is 0.429. The zero-order valence-corrected chi connectivity index (χ0v) is 15.9. The van der Waals surface area contributed by atoms with E-state index in [0.717, 1.165) is 42.0 Å². The molecule has 4 rings (SSSR count). The molecule has 2 unspecified atom stereocenters. The van der Waals surface area contributed by atoms with Crippen LogP contribution in [0.3, 0.4) is 0 Å². The third-order valence-electron chi connectivity index (χ3n) is 5.06. The van der Waals surface area contributed by atoms with Crippen LogP contribution in [-0.2, 0) is 0 Å². The maximum Gasteiger partial charge on any atom is 0.131 e. The molecule has 0 saturated carbocycles. The van der Waals surface area contributed by atoms with Crippen molar-refractivity contribution in [2.24, 2.45) is 0 Å². The molecule has 0 aliphatic carbocycles. The first-order valence-electron chi connectivity index (χ1n) is 9.16. The fourth-order valence-electron chi connectivity index (χ4n) is 3.77. The first-order chi connectivity index (χ1) is 12.3. The van der Waals surface area contributed by atoms with Crippen molar-refractivity contribution in [3.8, 4) is 28.4 Å². The minimum absolute atomic E-state index is 0.270. The van der Waals surface area contributed by atoms with E-state index in [2.05, 4.69) is 31.2 Å². The molecule has 3 nitrogen and oxygen atoms in total. The van der Waals surface area contributed by atoms with Gasteiger partial charge in [0.25, 0.3) is 0 Å². The predicted octanol–water partition coefficient (Wildman–Crippen LogP) is 5.16. The van der Waals surface area contributed by atoms with Gasteiger partial charge in [0, 0.05) is 10.9 Å². The van der Waals surface area contributed by atoms with Gasteiger partial charge in [-0.05, 0) is 45.1 Å². The lowest BCUT2D eigenvalue weighted by molar-refractivity contribution is 0.185. The first kappa shape index (κ1) is 16.7. The van der Waals surface area contributed by atoms with Crippen molar-refractivity contribution in [1.82, 2.24) is 0 Å². The average Bonchev–Trinajstić information content (AvgIpc) is 3.08. The zero-order valence-electron chi connectivity index (χ0n) is 15.0. The number of rotatable bonds is 4. The number of ether oxygens (including phenoxy) is 3. The second-order valence-electron chi connectivity index (χ2n) is 6.69. The van der Waals surface area contributed by atoms with Gasteiger partial charge in [-0.2, -0.15) is 0 Å². The molecule has 0 N–H and O–H groups in total. The lowest BCUT2D eigenvalue weighted by Gasteiger charge is -2.21. The largest absolute Gasteiger partial charge is 0.496 e. The lowest BCUT2D eigenvalue weighted by atomic mass is 10.0. The summed E-state index contributed by atoms with van der Waals surface area (Å²) in [5.74, 6) is 2.87. The van der Waals surface area contributed by atoms with E-state index in [4.69, 9.17) is 14.2 Å².